The van der Waals surface area contributed by atoms with E-state index >= 15 is 0 Å². The molecule has 1 unspecified atom stereocenters. The van der Waals surface area contributed by atoms with Gasteiger partial charge in [0.25, 0.3) is 0 Å². The molecule has 0 saturated carbocycles. The van der Waals surface area contributed by atoms with E-state index in [9.17, 15) is 13.2 Å². The molecule has 0 bridgehead atoms. The average molecular weight is 270 g/mol. The van der Waals surface area contributed by atoms with Crippen LogP contribution in [-0.4, -0.2) is 49.1 Å². The third-order valence-corrected chi connectivity index (χ3v) is 4.86. The van der Waals surface area contributed by atoms with E-state index in [1.807, 2.05) is 0 Å². The summed E-state index contributed by atoms with van der Waals surface area (Å²) in [5.74, 6) is -0.258. The van der Waals surface area contributed by atoms with E-state index < -0.39 is 15.8 Å². The van der Waals surface area contributed by atoms with Gasteiger partial charge in [0.2, 0.25) is 0 Å². The Hall–Kier alpha value is -1.63. The van der Waals surface area contributed by atoms with Crippen LogP contribution in [0.5, 0.6) is 0 Å². The van der Waals surface area contributed by atoms with E-state index in [1.54, 1.807) is 11.9 Å². The second-order valence-corrected chi connectivity index (χ2v) is 6.60. The van der Waals surface area contributed by atoms with Crippen molar-refractivity contribution in [3.8, 4) is 0 Å². The number of pyridine rings is 1. The first-order valence-electron chi connectivity index (χ1n) is 5.52. The lowest BCUT2D eigenvalue weighted by Gasteiger charge is -2.24. The molecule has 0 amide bonds. The van der Waals surface area contributed by atoms with Gasteiger partial charge in [0.1, 0.15) is 5.82 Å². The third-order valence-electron chi connectivity index (χ3n) is 3.11. The number of nitrogens with zero attached hydrogens (tertiary/aromatic N) is 2. The Labute approximate surface area is 105 Å². The minimum atomic E-state index is -2.96. The molecule has 1 aromatic rings. The molecule has 98 valence electrons. The van der Waals surface area contributed by atoms with Crippen LogP contribution in [0, 0.1) is 0 Å². The van der Waals surface area contributed by atoms with Crippen molar-refractivity contribution in [1.82, 2.24) is 4.98 Å². The SMILES string of the molecule is CN(c1cc(C(=O)O)ccn1)C1CCS(=O)(=O)C1. The fraction of sp³-hybridized carbons (Fsp3) is 0.455. The van der Waals surface area contributed by atoms with E-state index in [1.165, 1.54) is 18.3 Å². The summed E-state index contributed by atoms with van der Waals surface area (Å²) in [5.41, 5.74) is 0.146. The number of anilines is 1. The summed E-state index contributed by atoms with van der Waals surface area (Å²) in [6, 6.07) is 2.73. The van der Waals surface area contributed by atoms with Gasteiger partial charge in [0.05, 0.1) is 17.1 Å². The molecule has 2 heterocycles. The van der Waals surface area contributed by atoms with Crippen LogP contribution >= 0.6 is 0 Å². The van der Waals surface area contributed by atoms with Crippen molar-refractivity contribution in [3.05, 3.63) is 23.9 Å². The van der Waals surface area contributed by atoms with Gasteiger partial charge in [-0.2, -0.15) is 0 Å². The molecule has 1 aliphatic heterocycles. The summed E-state index contributed by atoms with van der Waals surface area (Å²) in [5, 5.41) is 8.90. The summed E-state index contributed by atoms with van der Waals surface area (Å²) < 4.78 is 22.8. The fourth-order valence-electron chi connectivity index (χ4n) is 2.01. The highest BCUT2D eigenvalue weighted by atomic mass is 32.2. The molecule has 1 saturated heterocycles. The zero-order valence-corrected chi connectivity index (χ0v) is 10.7. The van der Waals surface area contributed by atoms with Crippen molar-refractivity contribution < 1.29 is 18.3 Å². The molecule has 1 aliphatic rings. The molecule has 0 spiro atoms. The Morgan fingerprint density at radius 2 is 2.28 bits per heavy atom. The molecule has 6 nitrogen and oxygen atoms in total. The summed E-state index contributed by atoms with van der Waals surface area (Å²) in [7, 11) is -1.23. The number of sulfone groups is 1. The van der Waals surface area contributed by atoms with Crippen molar-refractivity contribution in [2.45, 2.75) is 12.5 Å². The van der Waals surface area contributed by atoms with Crippen LogP contribution in [0.1, 0.15) is 16.8 Å². The first-order chi connectivity index (χ1) is 8.39. The molecular weight excluding hydrogens is 256 g/mol. The van der Waals surface area contributed by atoms with E-state index in [0.717, 1.165) is 0 Å². The first-order valence-corrected chi connectivity index (χ1v) is 7.34. The van der Waals surface area contributed by atoms with Crippen LogP contribution in [0.2, 0.25) is 0 Å². The maximum Gasteiger partial charge on any atom is 0.335 e. The topological polar surface area (TPSA) is 87.6 Å². The molecule has 7 heteroatoms. The van der Waals surface area contributed by atoms with Crippen LogP contribution < -0.4 is 4.90 Å². The Bertz CT molecular complexity index is 570. The Morgan fingerprint density at radius 3 is 2.83 bits per heavy atom. The second kappa shape index (κ2) is 4.56. The minimum absolute atomic E-state index is 0.0997. The normalized spacial score (nSPS) is 21.7. The minimum Gasteiger partial charge on any atom is -0.478 e. The third kappa shape index (κ3) is 2.61. The van der Waals surface area contributed by atoms with Gasteiger partial charge in [-0.3, -0.25) is 0 Å². The van der Waals surface area contributed by atoms with Crippen molar-refractivity contribution in [1.29, 1.82) is 0 Å². The van der Waals surface area contributed by atoms with Crippen LogP contribution in [0.25, 0.3) is 0 Å². The number of aromatic nitrogens is 1. The van der Waals surface area contributed by atoms with Gasteiger partial charge in [-0.25, -0.2) is 18.2 Å². The molecule has 18 heavy (non-hydrogen) atoms. The molecule has 1 aromatic heterocycles. The van der Waals surface area contributed by atoms with E-state index in [2.05, 4.69) is 4.98 Å². The van der Waals surface area contributed by atoms with Gasteiger partial charge in [-0.05, 0) is 18.6 Å². The highest BCUT2D eigenvalue weighted by Gasteiger charge is 2.31. The molecule has 0 radical (unpaired) electrons. The number of rotatable bonds is 3. The number of hydrogen-bond acceptors (Lipinski definition) is 5. The van der Waals surface area contributed by atoms with Crippen LogP contribution in [0.15, 0.2) is 18.3 Å². The maximum absolute atomic E-state index is 11.4. The van der Waals surface area contributed by atoms with Gasteiger partial charge in [-0.1, -0.05) is 0 Å². The molecule has 0 aliphatic carbocycles. The molecule has 0 aromatic carbocycles. The maximum atomic E-state index is 11.4. The van der Waals surface area contributed by atoms with Gasteiger partial charge in [0.15, 0.2) is 9.84 Å². The van der Waals surface area contributed by atoms with Crippen LogP contribution in [-0.2, 0) is 9.84 Å². The van der Waals surface area contributed by atoms with Crippen molar-refractivity contribution in [2.24, 2.45) is 0 Å². The molecule has 2 rings (SSSR count). The van der Waals surface area contributed by atoms with Gasteiger partial charge in [0, 0.05) is 19.3 Å². The quantitative estimate of drug-likeness (QED) is 0.855. The zero-order chi connectivity index (χ0) is 13.3. The first kappa shape index (κ1) is 12.8. The lowest BCUT2D eigenvalue weighted by Crippen LogP contribution is -2.33. The monoisotopic (exact) mass is 270 g/mol. The molecule has 1 atom stereocenters. The standard InChI is InChI=1S/C11H14N2O4S/c1-13(9-3-5-18(16,17)7-9)10-6-8(11(14)15)2-4-12-10/h2,4,6,9H,3,5,7H2,1H3,(H,14,15). The summed E-state index contributed by atoms with van der Waals surface area (Å²) in [6.45, 7) is 0. The number of aromatic carboxylic acids is 1. The van der Waals surface area contributed by atoms with Gasteiger partial charge < -0.3 is 10.0 Å². The lowest BCUT2D eigenvalue weighted by atomic mass is 10.2. The van der Waals surface area contributed by atoms with E-state index in [0.29, 0.717) is 12.2 Å². The van der Waals surface area contributed by atoms with Crippen molar-refractivity contribution in [2.75, 3.05) is 23.5 Å². The van der Waals surface area contributed by atoms with Gasteiger partial charge in [-0.15, -0.1) is 0 Å². The van der Waals surface area contributed by atoms with Crippen LogP contribution in [0.4, 0.5) is 5.82 Å². The lowest BCUT2D eigenvalue weighted by molar-refractivity contribution is 0.0696. The Balaban J connectivity index is 2.21. The summed E-state index contributed by atoms with van der Waals surface area (Å²) in [4.78, 5) is 16.7. The predicted octanol–water partition coefficient (Wildman–Crippen LogP) is 0.403. The highest BCUT2D eigenvalue weighted by Crippen LogP contribution is 2.21. The van der Waals surface area contributed by atoms with Crippen molar-refractivity contribution >= 4 is 21.6 Å². The molecule has 1 fully saturated rings. The van der Waals surface area contributed by atoms with Gasteiger partial charge >= 0.3 is 5.97 Å². The predicted molar refractivity (Wildman–Crippen MR) is 66.7 cm³/mol. The number of carbonyl (C=O) groups is 1. The second-order valence-electron chi connectivity index (χ2n) is 4.38. The van der Waals surface area contributed by atoms with E-state index in [4.69, 9.17) is 5.11 Å². The Kier molecular flexibility index (Phi) is 3.25. The number of carboxylic acid groups (broad SMARTS) is 1. The smallest absolute Gasteiger partial charge is 0.335 e. The number of carboxylic acids is 1. The molecular formula is C11H14N2O4S. The highest BCUT2D eigenvalue weighted by molar-refractivity contribution is 7.91. The molecule has 1 N–H and O–H groups in total. The van der Waals surface area contributed by atoms with Crippen LogP contribution in [0.3, 0.4) is 0 Å². The average Bonchev–Trinajstić information content (AvgIpc) is 2.69. The largest absolute Gasteiger partial charge is 0.478 e. The Morgan fingerprint density at radius 1 is 1.56 bits per heavy atom. The number of hydrogen-bond donors (Lipinski definition) is 1. The zero-order valence-electron chi connectivity index (χ0n) is 9.91. The summed E-state index contributed by atoms with van der Waals surface area (Å²) in [6.07, 6.45) is 1.97. The summed E-state index contributed by atoms with van der Waals surface area (Å²) >= 11 is 0. The van der Waals surface area contributed by atoms with Crippen molar-refractivity contribution in [3.63, 3.8) is 0 Å². The fourth-order valence-corrected chi connectivity index (χ4v) is 3.79. The van der Waals surface area contributed by atoms with E-state index in [-0.39, 0.29) is 23.1 Å².